The minimum Gasteiger partial charge on any atom is -0.391 e. The van der Waals surface area contributed by atoms with E-state index in [1.807, 2.05) is 27.7 Å². The van der Waals surface area contributed by atoms with Crippen molar-refractivity contribution in [1.82, 2.24) is 0 Å². The molecule has 0 amide bonds. The fourth-order valence-corrected chi connectivity index (χ4v) is 8.48. The van der Waals surface area contributed by atoms with Crippen molar-refractivity contribution >= 4 is 0 Å². The lowest BCUT2D eigenvalue weighted by Crippen LogP contribution is -2.68. The fraction of sp³-hybridized carbons (Fsp3) is 0.846. The van der Waals surface area contributed by atoms with Crippen LogP contribution in [0.25, 0.3) is 0 Å². The third-order valence-electron chi connectivity index (χ3n) is 9.71. The molecule has 1 unspecified atom stereocenters. The molecular weight excluding hydrogens is 392 g/mol. The highest BCUT2D eigenvalue weighted by atomic mass is 16.8. The van der Waals surface area contributed by atoms with Gasteiger partial charge in [-0.05, 0) is 75.4 Å². The Kier molecular flexibility index (Phi) is 3.81. The van der Waals surface area contributed by atoms with Crippen molar-refractivity contribution in [3.63, 3.8) is 0 Å². The number of fused-ring (bicyclic) bond motifs is 4. The van der Waals surface area contributed by atoms with Gasteiger partial charge in [0.25, 0.3) is 0 Å². The lowest BCUT2D eigenvalue weighted by molar-refractivity contribution is -0.313. The monoisotopic (exact) mass is 430 g/mol. The zero-order valence-corrected chi connectivity index (χ0v) is 20.2. The van der Waals surface area contributed by atoms with E-state index in [9.17, 15) is 5.11 Å². The van der Waals surface area contributed by atoms with Crippen LogP contribution in [-0.2, 0) is 18.9 Å². The zero-order valence-electron chi connectivity index (χ0n) is 20.2. The largest absolute Gasteiger partial charge is 0.391 e. The van der Waals surface area contributed by atoms with Crippen molar-refractivity contribution in [1.29, 1.82) is 0 Å². The lowest BCUT2D eigenvalue weighted by atomic mass is 9.58. The van der Waals surface area contributed by atoms with Crippen LogP contribution >= 0.6 is 0 Å². The van der Waals surface area contributed by atoms with Crippen LogP contribution in [0.5, 0.6) is 0 Å². The molecular formula is C26H38O5. The average Bonchev–Trinajstić information content (AvgIpc) is 2.97. The number of hydrogen-bond donors (Lipinski definition) is 1. The van der Waals surface area contributed by atoms with E-state index in [2.05, 4.69) is 39.8 Å². The van der Waals surface area contributed by atoms with Crippen molar-refractivity contribution in [3.05, 3.63) is 23.3 Å². The molecule has 172 valence electrons. The highest BCUT2D eigenvalue weighted by molar-refractivity contribution is 5.45. The maximum absolute atomic E-state index is 12.3. The average molecular weight is 431 g/mol. The Hall–Kier alpha value is -0.720. The van der Waals surface area contributed by atoms with Gasteiger partial charge in [0.2, 0.25) is 0 Å². The zero-order chi connectivity index (χ0) is 22.4. The molecule has 0 radical (unpaired) electrons. The second-order valence-electron chi connectivity index (χ2n) is 12.7. The molecule has 2 aliphatic heterocycles. The standard InChI is InChI=1S/C26H38O5/c1-13-11-25-14(2)9-17-18(22(17,3)4)16(19(25)27)10-15-12-28-23(5,6)30-21(15)26(25)20(13)29-24(7,8)31-26/h10-11,14,16-21,27H,9,12H2,1-8H3/t14-,16-,17-,18+,19?,20+,21-,25+,26-/m1/s1. The van der Waals surface area contributed by atoms with Crippen molar-refractivity contribution < 1.29 is 24.1 Å². The van der Waals surface area contributed by atoms with Crippen LogP contribution < -0.4 is 0 Å². The van der Waals surface area contributed by atoms with Gasteiger partial charge in [-0.15, -0.1) is 0 Å². The SMILES string of the molecule is CC1=C[C@]23C(O)[C@H](C=C4COC(C)(C)O[C@H]4[C@@]24OC(C)(C)O[C@@H]14)[C@H]1[C@@H](C[C@H]3C)C1(C)C. The normalized spacial score (nSPS) is 54.9. The summed E-state index contributed by atoms with van der Waals surface area (Å²) in [6.07, 6.45) is 4.58. The van der Waals surface area contributed by atoms with Crippen molar-refractivity contribution in [2.45, 2.75) is 97.3 Å². The molecule has 4 fully saturated rings. The van der Waals surface area contributed by atoms with Crippen LogP contribution in [0.4, 0.5) is 0 Å². The summed E-state index contributed by atoms with van der Waals surface area (Å²) in [6.45, 7) is 17.6. The molecule has 5 nitrogen and oxygen atoms in total. The molecule has 2 spiro atoms. The van der Waals surface area contributed by atoms with Crippen LogP contribution in [0.1, 0.15) is 61.8 Å². The maximum Gasteiger partial charge on any atom is 0.164 e. The van der Waals surface area contributed by atoms with Crippen LogP contribution in [0, 0.1) is 34.5 Å². The molecule has 0 aromatic rings. The van der Waals surface area contributed by atoms with E-state index >= 15 is 0 Å². The quantitative estimate of drug-likeness (QED) is 0.584. The molecule has 2 saturated carbocycles. The topological polar surface area (TPSA) is 57.2 Å². The van der Waals surface area contributed by atoms with E-state index < -0.39 is 28.7 Å². The Bertz CT molecular complexity index is 899. The Morgan fingerprint density at radius 2 is 1.68 bits per heavy atom. The Balaban J connectivity index is 1.63. The molecule has 4 aliphatic carbocycles. The van der Waals surface area contributed by atoms with Crippen LogP contribution in [0.15, 0.2) is 23.3 Å². The maximum atomic E-state index is 12.3. The molecule has 9 atom stereocenters. The smallest absolute Gasteiger partial charge is 0.164 e. The molecule has 6 aliphatic rings. The van der Waals surface area contributed by atoms with E-state index in [1.165, 1.54) is 0 Å². The summed E-state index contributed by atoms with van der Waals surface area (Å²) in [5, 5.41) is 12.3. The number of rotatable bonds is 0. The van der Waals surface area contributed by atoms with E-state index in [0.717, 1.165) is 17.6 Å². The summed E-state index contributed by atoms with van der Waals surface area (Å²) in [7, 11) is 0. The van der Waals surface area contributed by atoms with Gasteiger partial charge in [0, 0.05) is 5.92 Å². The van der Waals surface area contributed by atoms with Gasteiger partial charge in [0.1, 0.15) is 17.8 Å². The second-order valence-corrected chi connectivity index (χ2v) is 12.7. The van der Waals surface area contributed by atoms with Gasteiger partial charge >= 0.3 is 0 Å². The van der Waals surface area contributed by atoms with E-state index in [1.54, 1.807) is 0 Å². The highest BCUT2D eigenvalue weighted by Crippen LogP contribution is 2.75. The highest BCUT2D eigenvalue weighted by Gasteiger charge is 2.80. The molecule has 2 saturated heterocycles. The summed E-state index contributed by atoms with van der Waals surface area (Å²) >= 11 is 0. The third-order valence-corrected chi connectivity index (χ3v) is 9.71. The second kappa shape index (κ2) is 5.67. The number of aliphatic hydroxyl groups excluding tert-OH is 1. The molecule has 2 bridgehead atoms. The summed E-state index contributed by atoms with van der Waals surface area (Å²) in [5.74, 6) is -0.105. The van der Waals surface area contributed by atoms with Crippen molar-refractivity contribution in [2.75, 3.05) is 6.61 Å². The van der Waals surface area contributed by atoms with Gasteiger partial charge < -0.3 is 24.1 Å². The van der Waals surface area contributed by atoms with Crippen molar-refractivity contribution in [3.8, 4) is 0 Å². The first-order chi connectivity index (χ1) is 14.3. The van der Waals surface area contributed by atoms with Crippen LogP contribution in [0.2, 0.25) is 0 Å². The van der Waals surface area contributed by atoms with Crippen molar-refractivity contribution in [2.24, 2.45) is 34.5 Å². The molecule has 1 N–H and O–H groups in total. The predicted octanol–water partition coefficient (Wildman–Crippen LogP) is 4.20. The molecule has 0 aromatic heterocycles. The van der Waals surface area contributed by atoms with E-state index in [-0.39, 0.29) is 29.5 Å². The Morgan fingerprint density at radius 1 is 1.00 bits per heavy atom. The first-order valence-electron chi connectivity index (χ1n) is 12.0. The summed E-state index contributed by atoms with van der Waals surface area (Å²) < 4.78 is 26.4. The molecule has 6 rings (SSSR count). The minimum absolute atomic E-state index is 0.0605. The third kappa shape index (κ3) is 2.30. The Labute approximate surface area is 186 Å². The summed E-state index contributed by atoms with van der Waals surface area (Å²) in [5.41, 5.74) is 1.13. The minimum atomic E-state index is -0.804. The summed E-state index contributed by atoms with van der Waals surface area (Å²) in [6, 6.07) is 0. The van der Waals surface area contributed by atoms with Crippen LogP contribution in [-0.4, -0.2) is 47.2 Å². The number of ether oxygens (including phenoxy) is 4. The fourth-order valence-electron chi connectivity index (χ4n) is 8.48. The molecule has 31 heavy (non-hydrogen) atoms. The van der Waals surface area contributed by atoms with E-state index in [4.69, 9.17) is 18.9 Å². The lowest BCUT2D eigenvalue weighted by Gasteiger charge is -2.55. The number of hydrogen-bond acceptors (Lipinski definition) is 5. The molecule has 5 heteroatoms. The first kappa shape index (κ1) is 20.9. The van der Waals surface area contributed by atoms with Crippen LogP contribution in [0.3, 0.4) is 0 Å². The van der Waals surface area contributed by atoms with Gasteiger partial charge in [-0.25, -0.2) is 0 Å². The van der Waals surface area contributed by atoms with Gasteiger partial charge in [-0.3, -0.25) is 0 Å². The number of aliphatic hydroxyl groups is 1. The molecule has 0 aromatic carbocycles. The van der Waals surface area contributed by atoms with Gasteiger partial charge in [0.05, 0.1) is 18.1 Å². The molecule has 2 heterocycles. The van der Waals surface area contributed by atoms with Gasteiger partial charge in [-0.1, -0.05) is 32.9 Å². The summed E-state index contributed by atoms with van der Waals surface area (Å²) in [4.78, 5) is 0. The predicted molar refractivity (Wildman–Crippen MR) is 116 cm³/mol. The van der Waals surface area contributed by atoms with E-state index in [0.29, 0.717) is 18.4 Å². The Morgan fingerprint density at radius 3 is 2.39 bits per heavy atom. The van der Waals surface area contributed by atoms with Gasteiger partial charge in [0.15, 0.2) is 11.6 Å². The van der Waals surface area contributed by atoms with Gasteiger partial charge in [-0.2, -0.15) is 0 Å². The first-order valence-corrected chi connectivity index (χ1v) is 12.0.